The molecule has 146 valence electrons. The van der Waals surface area contributed by atoms with Crippen molar-refractivity contribution in [3.63, 3.8) is 0 Å². The van der Waals surface area contributed by atoms with Gasteiger partial charge in [-0.05, 0) is 32.1 Å². The van der Waals surface area contributed by atoms with Gasteiger partial charge in [0.1, 0.15) is 12.9 Å². The van der Waals surface area contributed by atoms with E-state index in [2.05, 4.69) is 25.1 Å². The molecule has 0 saturated heterocycles. The Bertz CT molecular complexity index is 889. The van der Waals surface area contributed by atoms with Gasteiger partial charge >= 0.3 is 6.01 Å². The summed E-state index contributed by atoms with van der Waals surface area (Å²) in [5.41, 5.74) is 4.43. The predicted molar refractivity (Wildman–Crippen MR) is 101 cm³/mol. The molecule has 0 spiro atoms. The first-order chi connectivity index (χ1) is 13.4. The SMILES string of the molecule is CON=C(C)C1(C(C)=O)CC(Oc2ncccn2)(c2ncccn2)C=CC1N. The Balaban J connectivity index is 2.18. The van der Waals surface area contributed by atoms with Crippen molar-refractivity contribution in [2.45, 2.75) is 31.9 Å². The number of hydrogen-bond donors (Lipinski definition) is 1. The molecule has 0 aromatic carbocycles. The topological polar surface area (TPSA) is 125 Å². The van der Waals surface area contributed by atoms with Crippen LogP contribution in [-0.4, -0.2) is 44.6 Å². The van der Waals surface area contributed by atoms with Crippen LogP contribution in [0, 0.1) is 5.41 Å². The molecular weight excluding hydrogens is 360 g/mol. The number of rotatable bonds is 6. The molecule has 2 heterocycles. The number of carbonyl (C=O) groups excluding carboxylic acids is 1. The largest absolute Gasteiger partial charge is 0.444 e. The van der Waals surface area contributed by atoms with Gasteiger partial charge in [-0.25, -0.2) is 19.9 Å². The van der Waals surface area contributed by atoms with E-state index in [0.717, 1.165) is 0 Å². The summed E-state index contributed by atoms with van der Waals surface area (Å²) in [5, 5.41) is 4.01. The van der Waals surface area contributed by atoms with Crippen LogP contribution in [0.15, 0.2) is 54.2 Å². The predicted octanol–water partition coefficient (Wildman–Crippen LogP) is 1.43. The number of carbonyl (C=O) groups is 1. The van der Waals surface area contributed by atoms with Crippen LogP contribution in [0.4, 0.5) is 0 Å². The van der Waals surface area contributed by atoms with Gasteiger partial charge in [0.05, 0.1) is 11.1 Å². The molecule has 2 aromatic heterocycles. The van der Waals surface area contributed by atoms with Gasteiger partial charge in [0.2, 0.25) is 0 Å². The highest BCUT2D eigenvalue weighted by Gasteiger charge is 2.55. The van der Waals surface area contributed by atoms with Gasteiger partial charge in [-0.15, -0.1) is 0 Å². The molecule has 0 radical (unpaired) electrons. The maximum atomic E-state index is 12.8. The molecule has 3 atom stereocenters. The van der Waals surface area contributed by atoms with Crippen molar-refractivity contribution < 1.29 is 14.4 Å². The molecule has 28 heavy (non-hydrogen) atoms. The van der Waals surface area contributed by atoms with E-state index in [9.17, 15) is 4.79 Å². The first kappa shape index (κ1) is 19.6. The number of nitrogens with two attached hydrogens (primary N) is 1. The highest BCUT2D eigenvalue weighted by molar-refractivity contribution is 6.09. The van der Waals surface area contributed by atoms with Gasteiger partial charge in [-0.2, -0.15) is 0 Å². The van der Waals surface area contributed by atoms with Crippen LogP contribution in [0.5, 0.6) is 6.01 Å². The fourth-order valence-electron chi connectivity index (χ4n) is 3.50. The molecule has 0 amide bonds. The molecule has 2 N–H and O–H groups in total. The minimum absolute atomic E-state index is 0.119. The highest BCUT2D eigenvalue weighted by Crippen LogP contribution is 2.45. The second-order valence-electron chi connectivity index (χ2n) is 6.54. The Morgan fingerprint density at radius 3 is 2.32 bits per heavy atom. The van der Waals surface area contributed by atoms with Crippen LogP contribution in [0.1, 0.15) is 26.1 Å². The smallest absolute Gasteiger partial charge is 0.317 e. The van der Waals surface area contributed by atoms with Crippen LogP contribution in [0.3, 0.4) is 0 Å². The summed E-state index contributed by atoms with van der Waals surface area (Å²) >= 11 is 0. The molecule has 3 unspecified atom stereocenters. The van der Waals surface area contributed by atoms with Gasteiger partial charge < -0.3 is 15.3 Å². The van der Waals surface area contributed by atoms with Crippen molar-refractivity contribution in [2.24, 2.45) is 16.3 Å². The van der Waals surface area contributed by atoms with E-state index in [1.165, 1.54) is 14.0 Å². The first-order valence-corrected chi connectivity index (χ1v) is 8.72. The Labute approximate surface area is 162 Å². The van der Waals surface area contributed by atoms with Crippen molar-refractivity contribution in [1.29, 1.82) is 0 Å². The van der Waals surface area contributed by atoms with E-state index in [0.29, 0.717) is 11.5 Å². The average molecular weight is 382 g/mol. The molecule has 3 rings (SSSR count). The summed E-state index contributed by atoms with van der Waals surface area (Å²) in [5.74, 6) is 0.196. The van der Waals surface area contributed by atoms with Crippen molar-refractivity contribution >= 4 is 11.5 Å². The van der Waals surface area contributed by atoms with E-state index in [4.69, 9.17) is 15.3 Å². The highest BCUT2D eigenvalue weighted by atomic mass is 16.6. The molecule has 1 aliphatic rings. The van der Waals surface area contributed by atoms with Gasteiger partial charge in [-0.1, -0.05) is 11.2 Å². The Kier molecular flexibility index (Phi) is 5.46. The van der Waals surface area contributed by atoms with E-state index in [1.807, 2.05) is 0 Å². The van der Waals surface area contributed by atoms with Crippen molar-refractivity contribution in [3.05, 3.63) is 54.9 Å². The van der Waals surface area contributed by atoms with Crippen molar-refractivity contribution in [2.75, 3.05) is 7.11 Å². The van der Waals surface area contributed by atoms with Crippen LogP contribution >= 0.6 is 0 Å². The number of Topliss-reactive ketones (excluding diaryl/α,β-unsaturated/α-hetero) is 1. The molecule has 1 aliphatic carbocycles. The lowest BCUT2D eigenvalue weighted by molar-refractivity contribution is -0.126. The molecular formula is C19H22N6O3. The number of oxime groups is 1. The van der Waals surface area contributed by atoms with Crippen molar-refractivity contribution in [1.82, 2.24) is 19.9 Å². The minimum Gasteiger partial charge on any atom is -0.444 e. The Morgan fingerprint density at radius 2 is 1.75 bits per heavy atom. The lowest BCUT2D eigenvalue weighted by atomic mass is 9.63. The van der Waals surface area contributed by atoms with Gasteiger partial charge in [-0.3, -0.25) is 4.79 Å². The molecule has 0 bridgehead atoms. The number of aromatic nitrogens is 4. The lowest BCUT2D eigenvalue weighted by Gasteiger charge is -2.44. The summed E-state index contributed by atoms with van der Waals surface area (Å²) in [6.07, 6.45) is 9.92. The fraction of sp³-hybridized carbons (Fsp3) is 0.368. The van der Waals surface area contributed by atoms with E-state index < -0.39 is 17.1 Å². The summed E-state index contributed by atoms with van der Waals surface area (Å²) in [4.78, 5) is 34.8. The zero-order valence-corrected chi connectivity index (χ0v) is 15.9. The fourth-order valence-corrected chi connectivity index (χ4v) is 3.50. The van der Waals surface area contributed by atoms with Gasteiger partial charge in [0.25, 0.3) is 0 Å². The monoisotopic (exact) mass is 382 g/mol. The number of ketones is 1. The summed E-state index contributed by atoms with van der Waals surface area (Å²) < 4.78 is 6.17. The van der Waals surface area contributed by atoms with Gasteiger partial charge in [0.15, 0.2) is 11.4 Å². The second kappa shape index (κ2) is 7.81. The standard InChI is InChI=1S/C19H22N6O3/c1-13(25-27-3)19(14(2)26)12-18(7-6-15(19)20,16-21-8-4-9-22-16)28-17-23-10-5-11-24-17/h4-11,15H,12,20H2,1-3H3. The zero-order valence-electron chi connectivity index (χ0n) is 15.9. The third kappa shape index (κ3) is 3.36. The third-order valence-corrected chi connectivity index (χ3v) is 4.95. The Hall–Kier alpha value is -3.20. The summed E-state index contributed by atoms with van der Waals surface area (Å²) in [6, 6.07) is 2.89. The van der Waals surface area contributed by atoms with Crippen LogP contribution in [-0.2, 0) is 15.2 Å². The quantitative estimate of drug-likeness (QED) is 0.452. The number of ether oxygens (including phenoxy) is 1. The van der Waals surface area contributed by atoms with Crippen LogP contribution < -0.4 is 10.5 Å². The van der Waals surface area contributed by atoms with E-state index in [-0.39, 0.29) is 18.2 Å². The maximum Gasteiger partial charge on any atom is 0.317 e. The van der Waals surface area contributed by atoms with Gasteiger partial charge in [0, 0.05) is 37.3 Å². The van der Waals surface area contributed by atoms with Crippen LogP contribution in [0.2, 0.25) is 0 Å². The minimum atomic E-state index is -1.21. The summed E-state index contributed by atoms with van der Waals surface area (Å²) in [7, 11) is 1.42. The number of nitrogens with zero attached hydrogens (tertiary/aromatic N) is 5. The number of hydrogen-bond acceptors (Lipinski definition) is 9. The van der Waals surface area contributed by atoms with Crippen molar-refractivity contribution in [3.8, 4) is 6.01 Å². The van der Waals surface area contributed by atoms with Crippen LogP contribution in [0.25, 0.3) is 0 Å². The van der Waals surface area contributed by atoms with E-state index >= 15 is 0 Å². The molecule has 0 saturated carbocycles. The summed E-state index contributed by atoms with van der Waals surface area (Å²) in [6.45, 7) is 3.18. The third-order valence-electron chi connectivity index (χ3n) is 4.95. The second-order valence-corrected chi connectivity index (χ2v) is 6.54. The first-order valence-electron chi connectivity index (χ1n) is 8.72. The molecule has 9 heteroatoms. The van der Waals surface area contributed by atoms with E-state index in [1.54, 1.807) is 56.0 Å². The zero-order chi connectivity index (χ0) is 20.2. The average Bonchev–Trinajstić information content (AvgIpc) is 2.71. The normalized spacial score (nSPS) is 27.3. The Morgan fingerprint density at radius 1 is 1.14 bits per heavy atom. The lowest BCUT2D eigenvalue weighted by Crippen LogP contribution is -2.58. The molecule has 9 nitrogen and oxygen atoms in total. The maximum absolute atomic E-state index is 12.8. The molecule has 0 fully saturated rings. The molecule has 2 aromatic rings. The molecule has 0 aliphatic heterocycles.